The zero-order valence-corrected chi connectivity index (χ0v) is 16.3. The van der Waals surface area contributed by atoms with Crippen molar-refractivity contribution in [2.45, 2.75) is 39.3 Å². The molecular weight excluding hydrogens is 387 g/mol. The van der Waals surface area contributed by atoms with Crippen LogP contribution in [-0.4, -0.2) is 43.6 Å². The van der Waals surface area contributed by atoms with Crippen LogP contribution in [0.15, 0.2) is 29.3 Å². The lowest BCUT2D eigenvalue weighted by Crippen LogP contribution is -2.42. The molecule has 1 heterocycles. The summed E-state index contributed by atoms with van der Waals surface area (Å²) in [6, 6.07) is 9.22. The van der Waals surface area contributed by atoms with Crippen LogP contribution in [0.5, 0.6) is 0 Å². The first-order chi connectivity index (χ1) is 10.2. The molecule has 1 aliphatic rings. The summed E-state index contributed by atoms with van der Waals surface area (Å²) in [7, 11) is 1.82. The summed E-state index contributed by atoms with van der Waals surface area (Å²) in [5, 5.41) is 6.68. The fourth-order valence-electron chi connectivity index (χ4n) is 2.72. The van der Waals surface area contributed by atoms with E-state index in [1.807, 2.05) is 7.05 Å². The average molecular weight is 416 g/mol. The fourth-order valence-corrected chi connectivity index (χ4v) is 2.72. The average Bonchev–Trinajstić information content (AvgIpc) is 2.49. The second-order valence-corrected chi connectivity index (χ2v) is 5.95. The molecular formula is C17H29IN4. The maximum Gasteiger partial charge on any atom is 0.191 e. The molecule has 5 heteroatoms. The van der Waals surface area contributed by atoms with Gasteiger partial charge >= 0.3 is 0 Å². The highest BCUT2D eigenvalue weighted by atomic mass is 127. The van der Waals surface area contributed by atoms with E-state index in [0.29, 0.717) is 6.04 Å². The molecule has 1 aromatic rings. The van der Waals surface area contributed by atoms with Crippen molar-refractivity contribution >= 4 is 29.9 Å². The number of hydrogen-bond acceptors (Lipinski definition) is 2. The molecule has 2 N–H and O–H groups in total. The molecule has 0 aliphatic carbocycles. The lowest BCUT2D eigenvalue weighted by molar-refractivity contribution is 0.251. The lowest BCUT2D eigenvalue weighted by atomic mass is 10.00. The predicted molar refractivity (Wildman–Crippen MR) is 105 cm³/mol. The van der Waals surface area contributed by atoms with Gasteiger partial charge in [-0.1, -0.05) is 24.3 Å². The van der Waals surface area contributed by atoms with E-state index < -0.39 is 0 Å². The predicted octanol–water partition coefficient (Wildman–Crippen LogP) is 2.63. The van der Waals surface area contributed by atoms with Gasteiger partial charge in [-0.15, -0.1) is 24.0 Å². The molecule has 0 atom stereocenters. The van der Waals surface area contributed by atoms with Crippen LogP contribution in [0.2, 0.25) is 0 Å². The number of hydrogen-bond donors (Lipinski definition) is 2. The zero-order valence-electron chi connectivity index (χ0n) is 13.9. The first kappa shape index (κ1) is 19.2. The molecule has 1 aliphatic heterocycles. The Labute approximate surface area is 151 Å². The second-order valence-electron chi connectivity index (χ2n) is 5.95. The van der Waals surface area contributed by atoms with E-state index in [-0.39, 0.29) is 24.0 Å². The van der Waals surface area contributed by atoms with Crippen molar-refractivity contribution in [2.24, 2.45) is 4.99 Å². The van der Waals surface area contributed by atoms with E-state index in [1.165, 1.54) is 24.1 Å². The maximum atomic E-state index is 4.22. The number of guanidine groups is 1. The minimum atomic E-state index is 0. The Morgan fingerprint density at radius 1 is 1.27 bits per heavy atom. The van der Waals surface area contributed by atoms with E-state index in [9.17, 15) is 0 Å². The molecule has 4 nitrogen and oxygen atoms in total. The summed E-state index contributed by atoms with van der Waals surface area (Å²) < 4.78 is 0. The van der Waals surface area contributed by atoms with Crippen LogP contribution in [0.1, 0.15) is 31.4 Å². The van der Waals surface area contributed by atoms with Gasteiger partial charge < -0.3 is 10.6 Å². The molecule has 0 spiro atoms. The molecule has 0 saturated heterocycles. The molecule has 0 amide bonds. The van der Waals surface area contributed by atoms with Crippen LogP contribution in [0.3, 0.4) is 0 Å². The lowest BCUT2D eigenvalue weighted by Gasteiger charge is -2.28. The maximum absolute atomic E-state index is 4.22. The summed E-state index contributed by atoms with van der Waals surface area (Å²) in [6.07, 6.45) is 2.32. The Morgan fingerprint density at radius 2 is 2.00 bits per heavy atom. The number of halogens is 1. The van der Waals surface area contributed by atoms with Gasteiger partial charge in [0.1, 0.15) is 0 Å². The molecule has 124 valence electrons. The minimum absolute atomic E-state index is 0. The first-order valence-electron chi connectivity index (χ1n) is 7.95. The Bertz CT molecular complexity index is 473. The Morgan fingerprint density at radius 3 is 2.68 bits per heavy atom. The third-order valence-corrected chi connectivity index (χ3v) is 3.80. The van der Waals surface area contributed by atoms with Gasteiger partial charge in [0, 0.05) is 39.3 Å². The molecule has 0 unspecified atom stereocenters. The van der Waals surface area contributed by atoms with Crippen molar-refractivity contribution in [3.8, 4) is 0 Å². The highest BCUT2D eigenvalue weighted by molar-refractivity contribution is 14.0. The molecule has 0 bridgehead atoms. The molecule has 0 aromatic heterocycles. The van der Waals surface area contributed by atoms with Gasteiger partial charge in [0.2, 0.25) is 0 Å². The molecule has 1 aromatic carbocycles. The number of benzene rings is 1. The van der Waals surface area contributed by atoms with Gasteiger partial charge in [0.15, 0.2) is 5.96 Å². The van der Waals surface area contributed by atoms with E-state index in [4.69, 9.17) is 0 Å². The van der Waals surface area contributed by atoms with Crippen LogP contribution in [-0.2, 0) is 13.0 Å². The molecule has 0 saturated carbocycles. The van der Waals surface area contributed by atoms with Crippen LogP contribution >= 0.6 is 24.0 Å². The van der Waals surface area contributed by atoms with Gasteiger partial charge in [-0.05, 0) is 37.8 Å². The third-order valence-electron chi connectivity index (χ3n) is 3.80. The Hall–Kier alpha value is -0.820. The quantitative estimate of drug-likeness (QED) is 0.336. The Kier molecular flexibility index (Phi) is 8.78. The number of nitrogens with zero attached hydrogens (tertiary/aromatic N) is 2. The van der Waals surface area contributed by atoms with Gasteiger partial charge in [-0.25, -0.2) is 0 Å². The summed E-state index contributed by atoms with van der Waals surface area (Å²) in [6.45, 7) is 8.62. The fraction of sp³-hybridized carbons (Fsp3) is 0.588. The number of fused-ring (bicyclic) bond motifs is 1. The third kappa shape index (κ3) is 6.12. The minimum Gasteiger partial charge on any atom is -0.356 e. The van der Waals surface area contributed by atoms with Crippen molar-refractivity contribution in [3.05, 3.63) is 35.4 Å². The SMILES string of the molecule is CN=C(NCCCN1CCc2ccccc2C1)NC(C)C.I. The summed E-state index contributed by atoms with van der Waals surface area (Å²) in [5.41, 5.74) is 3.02. The standard InChI is InChI=1S/C17H28N4.HI/c1-14(2)20-17(18-3)19-10-6-11-21-12-9-15-7-4-5-8-16(15)13-21;/h4-5,7-8,14H,6,9-13H2,1-3H3,(H2,18,19,20);1H. The largest absolute Gasteiger partial charge is 0.356 e. The second kappa shape index (κ2) is 10.0. The van der Waals surface area contributed by atoms with Gasteiger partial charge in [0.05, 0.1) is 0 Å². The van der Waals surface area contributed by atoms with Crippen molar-refractivity contribution in [3.63, 3.8) is 0 Å². The highest BCUT2D eigenvalue weighted by Gasteiger charge is 2.14. The Balaban J connectivity index is 0.00000242. The van der Waals surface area contributed by atoms with Crippen molar-refractivity contribution in [2.75, 3.05) is 26.7 Å². The summed E-state index contributed by atoms with van der Waals surface area (Å²) in [4.78, 5) is 6.77. The number of nitrogens with one attached hydrogen (secondary N) is 2. The van der Waals surface area contributed by atoms with Gasteiger partial charge in [0.25, 0.3) is 0 Å². The van der Waals surface area contributed by atoms with Crippen molar-refractivity contribution in [1.29, 1.82) is 0 Å². The van der Waals surface area contributed by atoms with Crippen LogP contribution in [0, 0.1) is 0 Å². The van der Waals surface area contributed by atoms with Gasteiger partial charge in [-0.3, -0.25) is 9.89 Å². The van der Waals surface area contributed by atoms with Crippen molar-refractivity contribution < 1.29 is 0 Å². The smallest absolute Gasteiger partial charge is 0.191 e. The van der Waals surface area contributed by atoms with E-state index in [0.717, 1.165) is 32.0 Å². The molecule has 0 radical (unpaired) electrons. The molecule has 22 heavy (non-hydrogen) atoms. The zero-order chi connectivity index (χ0) is 15.1. The number of aliphatic imine (C=N–C) groups is 1. The topological polar surface area (TPSA) is 39.7 Å². The monoisotopic (exact) mass is 416 g/mol. The molecule has 2 rings (SSSR count). The summed E-state index contributed by atoms with van der Waals surface area (Å²) in [5.74, 6) is 0.897. The van der Waals surface area contributed by atoms with E-state index in [1.54, 1.807) is 0 Å². The van der Waals surface area contributed by atoms with E-state index in [2.05, 4.69) is 58.6 Å². The van der Waals surface area contributed by atoms with Crippen LogP contribution in [0.25, 0.3) is 0 Å². The van der Waals surface area contributed by atoms with E-state index >= 15 is 0 Å². The summed E-state index contributed by atoms with van der Waals surface area (Å²) >= 11 is 0. The molecule has 0 fully saturated rings. The first-order valence-corrected chi connectivity index (χ1v) is 7.95. The number of rotatable bonds is 5. The van der Waals surface area contributed by atoms with Crippen LogP contribution < -0.4 is 10.6 Å². The normalized spacial score (nSPS) is 15.2. The van der Waals surface area contributed by atoms with Crippen LogP contribution in [0.4, 0.5) is 0 Å². The van der Waals surface area contributed by atoms with Crippen molar-refractivity contribution in [1.82, 2.24) is 15.5 Å². The highest BCUT2D eigenvalue weighted by Crippen LogP contribution is 2.18. The van der Waals surface area contributed by atoms with Gasteiger partial charge in [-0.2, -0.15) is 0 Å².